The van der Waals surface area contributed by atoms with E-state index in [1.54, 1.807) is 0 Å². The van der Waals surface area contributed by atoms with Crippen molar-refractivity contribution in [3.05, 3.63) is 35.9 Å². The molecule has 0 radical (unpaired) electrons. The van der Waals surface area contributed by atoms with Gasteiger partial charge in [0.05, 0.1) is 12.1 Å². The van der Waals surface area contributed by atoms with Crippen molar-refractivity contribution in [1.29, 1.82) is 0 Å². The van der Waals surface area contributed by atoms with Crippen LogP contribution < -0.4 is 5.32 Å². The van der Waals surface area contributed by atoms with E-state index in [-0.39, 0.29) is 5.54 Å². The van der Waals surface area contributed by atoms with Gasteiger partial charge in [-0.25, -0.2) is 0 Å². The Morgan fingerprint density at radius 1 is 1.35 bits per heavy atom. The molecule has 0 aromatic heterocycles. The highest BCUT2D eigenvalue weighted by Crippen LogP contribution is 2.28. The lowest BCUT2D eigenvalue weighted by atomic mass is 9.86. The van der Waals surface area contributed by atoms with E-state index in [9.17, 15) is 0 Å². The van der Waals surface area contributed by atoms with E-state index in [2.05, 4.69) is 73.2 Å². The number of nitrogens with zero attached hydrogens (tertiary/aromatic N) is 1. The highest BCUT2D eigenvalue weighted by molar-refractivity contribution is 5.25. The number of piperazine rings is 1. The van der Waals surface area contributed by atoms with Crippen LogP contribution in [0.25, 0.3) is 0 Å². The van der Waals surface area contributed by atoms with Gasteiger partial charge in [-0.2, -0.15) is 0 Å². The van der Waals surface area contributed by atoms with Crippen molar-refractivity contribution >= 4 is 0 Å². The van der Waals surface area contributed by atoms with Gasteiger partial charge in [0.2, 0.25) is 0 Å². The summed E-state index contributed by atoms with van der Waals surface area (Å²) in [5.41, 5.74) is 1.37. The standard InChI is InChI=1S/C18H26N2/c1-5-6-12-20-14-18(4,16-10-8-7-9-11-16)19-13-17(20)15(2)3/h7-11,15,17,19H,12-14H2,1-4H3. The van der Waals surface area contributed by atoms with Crippen molar-refractivity contribution < 1.29 is 0 Å². The average molecular weight is 270 g/mol. The fourth-order valence-corrected chi connectivity index (χ4v) is 3.05. The van der Waals surface area contributed by atoms with E-state index in [1.165, 1.54) is 5.56 Å². The fraction of sp³-hybridized carbons (Fsp3) is 0.556. The lowest BCUT2D eigenvalue weighted by molar-refractivity contribution is 0.0733. The van der Waals surface area contributed by atoms with Crippen LogP contribution in [0.1, 0.15) is 33.3 Å². The lowest BCUT2D eigenvalue weighted by Crippen LogP contribution is -2.62. The molecule has 2 rings (SSSR count). The summed E-state index contributed by atoms with van der Waals surface area (Å²) < 4.78 is 0. The first-order valence-corrected chi connectivity index (χ1v) is 7.51. The average Bonchev–Trinajstić information content (AvgIpc) is 2.46. The van der Waals surface area contributed by atoms with Gasteiger partial charge < -0.3 is 5.32 Å². The fourth-order valence-electron chi connectivity index (χ4n) is 3.05. The SMILES string of the molecule is CC#CCN1CC(C)(c2ccccc2)NCC1C(C)C. The molecule has 20 heavy (non-hydrogen) atoms. The molecule has 2 nitrogen and oxygen atoms in total. The van der Waals surface area contributed by atoms with Crippen LogP contribution in [0.4, 0.5) is 0 Å². The predicted molar refractivity (Wildman–Crippen MR) is 85.4 cm³/mol. The van der Waals surface area contributed by atoms with Crippen molar-refractivity contribution in [2.45, 2.75) is 39.3 Å². The Hall–Kier alpha value is -1.30. The monoisotopic (exact) mass is 270 g/mol. The first kappa shape index (κ1) is 15.1. The highest BCUT2D eigenvalue weighted by Gasteiger charge is 2.37. The molecule has 1 aliphatic heterocycles. The van der Waals surface area contributed by atoms with Crippen LogP contribution in [0.15, 0.2) is 30.3 Å². The van der Waals surface area contributed by atoms with Crippen molar-refractivity contribution in [3.8, 4) is 11.8 Å². The van der Waals surface area contributed by atoms with Gasteiger partial charge >= 0.3 is 0 Å². The molecule has 0 bridgehead atoms. The molecule has 108 valence electrons. The summed E-state index contributed by atoms with van der Waals surface area (Å²) in [5.74, 6) is 6.91. The smallest absolute Gasteiger partial charge is 0.0605 e. The van der Waals surface area contributed by atoms with Crippen molar-refractivity contribution in [2.75, 3.05) is 19.6 Å². The third-order valence-corrected chi connectivity index (χ3v) is 4.33. The third-order valence-electron chi connectivity index (χ3n) is 4.33. The summed E-state index contributed by atoms with van der Waals surface area (Å²) in [6.45, 7) is 11.7. The molecule has 0 saturated carbocycles. The number of nitrogens with one attached hydrogen (secondary N) is 1. The van der Waals surface area contributed by atoms with E-state index in [4.69, 9.17) is 0 Å². The number of hydrogen-bond acceptors (Lipinski definition) is 2. The largest absolute Gasteiger partial charge is 0.305 e. The number of benzene rings is 1. The summed E-state index contributed by atoms with van der Waals surface area (Å²) in [7, 11) is 0. The minimum Gasteiger partial charge on any atom is -0.305 e. The van der Waals surface area contributed by atoms with E-state index in [0.29, 0.717) is 12.0 Å². The first-order valence-electron chi connectivity index (χ1n) is 7.51. The first-order chi connectivity index (χ1) is 9.57. The zero-order valence-electron chi connectivity index (χ0n) is 13.1. The summed E-state index contributed by atoms with van der Waals surface area (Å²) in [6.07, 6.45) is 0. The molecule has 2 unspecified atom stereocenters. The molecule has 1 saturated heterocycles. The van der Waals surface area contributed by atoms with E-state index in [0.717, 1.165) is 19.6 Å². The topological polar surface area (TPSA) is 15.3 Å². The molecule has 1 N–H and O–H groups in total. The van der Waals surface area contributed by atoms with Crippen LogP contribution in [-0.2, 0) is 5.54 Å². The van der Waals surface area contributed by atoms with Crippen LogP contribution in [0, 0.1) is 17.8 Å². The Morgan fingerprint density at radius 3 is 2.65 bits per heavy atom. The quantitative estimate of drug-likeness (QED) is 0.850. The molecule has 0 aliphatic carbocycles. The maximum atomic E-state index is 3.76. The normalized spacial score (nSPS) is 27.1. The summed E-state index contributed by atoms with van der Waals surface area (Å²) >= 11 is 0. The van der Waals surface area contributed by atoms with Gasteiger partial charge in [0.15, 0.2) is 0 Å². The second kappa shape index (κ2) is 6.43. The van der Waals surface area contributed by atoms with Crippen LogP contribution in [0.3, 0.4) is 0 Å². The molecule has 1 heterocycles. The Kier molecular flexibility index (Phi) is 4.86. The maximum absolute atomic E-state index is 3.76. The highest BCUT2D eigenvalue weighted by atomic mass is 15.3. The van der Waals surface area contributed by atoms with Gasteiger partial charge in [-0.3, -0.25) is 4.90 Å². The van der Waals surface area contributed by atoms with E-state index >= 15 is 0 Å². The van der Waals surface area contributed by atoms with Gasteiger partial charge in [0.1, 0.15) is 0 Å². The van der Waals surface area contributed by atoms with Crippen LogP contribution in [0.5, 0.6) is 0 Å². The molecular formula is C18H26N2. The van der Waals surface area contributed by atoms with Crippen LogP contribution in [0.2, 0.25) is 0 Å². The van der Waals surface area contributed by atoms with Gasteiger partial charge in [-0.15, -0.1) is 5.92 Å². The summed E-state index contributed by atoms with van der Waals surface area (Å²) in [5, 5.41) is 3.76. The zero-order valence-corrected chi connectivity index (χ0v) is 13.1. The Balaban J connectivity index is 2.20. The van der Waals surface area contributed by atoms with Gasteiger partial charge in [0.25, 0.3) is 0 Å². The summed E-state index contributed by atoms with van der Waals surface area (Å²) in [4.78, 5) is 2.53. The molecule has 2 heteroatoms. The lowest BCUT2D eigenvalue weighted by Gasteiger charge is -2.47. The number of hydrogen-bond donors (Lipinski definition) is 1. The minimum absolute atomic E-state index is 0.0159. The third kappa shape index (κ3) is 3.23. The van der Waals surface area contributed by atoms with Gasteiger partial charge in [0, 0.05) is 19.1 Å². The predicted octanol–water partition coefficient (Wildman–Crippen LogP) is 2.85. The molecule has 1 aliphatic rings. The molecule has 1 aromatic rings. The van der Waals surface area contributed by atoms with Gasteiger partial charge in [-0.1, -0.05) is 50.1 Å². The molecular weight excluding hydrogens is 244 g/mol. The Bertz CT molecular complexity index is 483. The second-order valence-electron chi connectivity index (χ2n) is 6.22. The van der Waals surface area contributed by atoms with Crippen molar-refractivity contribution in [2.24, 2.45) is 5.92 Å². The van der Waals surface area contributed by atoms with Crippen LogP contribution in [-0.4, -0.2) is 30.6 Å². The van der Waals surface area contributed by atoms with Crippen molar-refractivity contribution in [1.82, 2.24) is 10.2 Å². The van der Waals surface area contributed by atoms with Crippen LogP contribution >= 0.6 is 0 Å². The molecule has 1 aromatic carbocycles. The van der Waals surface area contributed by atoms with Gasteiger partial charge in [-0.05, 0) is 25.3 Å². The molecule has 1 fully saturated rings. The van der Waals surface area contributed by atoms with E-state index < -0.39 is 0 Å². The van der Waals surface area contributed by atoms with Crippen molar-refractivity contribution in [3.63, 3.8) is 0 Å². The Labute approximate surface area is 123 Å². The summed E-state index contributed by atoms with van der Waals surface area (Å²) in [6, 6.07) is 11.3. The van der Waals surface area contributed by atoms with E-state index in [1.807, 2.05) is 6.92 Å². The second-order valence-corrected chi connectivity index (χ2v) is 6.22. The maximum Gasteiger partial charge on any atom is 0.0605 e. The molecule has 2 atom stereocenters. The molecule has 0 amide bonds. The molecule has 0 spiro atoms. The number of rotatable bonds is 3. The Morgan fingerprint density at radius 2 is 2.05 bits per heavy atom. The minimum atomic E-state index is 0.0159. The zero-order chi connectivity index (χ0) is 14.6.